The lowest BCUT2D eigenvalue weighted by atomic mass is 9.81. The Morgan fingerprint density at radius 3 is 2.79 bits per heavy atom. The van der Waals surface area contributed by atoms with Gasteiger partial charge in [-0.2, -0.15) is 5.10 Å². The molecule has 1 amide bonds. The number of hydrogen-bond donors (Lipinski definition) is 1. The first-order valence-corrected chi connectivity index (χ1v) is 11.7. The third-order valence-electron chi connectivity index (χ3n) is 5.90. The minimum atomic E-state index is -2.54. The summed E-state index contributed by atoms with van der Waals surface area (Å²) in [5.74, 6) is -2.59. The molecule has 1 saturated carbocycles. The van der Waals surface area contributed by atoms with Crippen LogP contribution in [0.2, 0.25) is 5.15 Å². The van der Waals surface area contributed by atoms with Crippen LogP contribution in [0.25, 0.3) is 11.1 Å². The molecule has 0 radical (unpaired) electrons. The van der Waals surface area contributed by atoms with Crippen LogP contribution < -0.4 is 10.2 Å². The van der Waals surface area contributed by atoms with Crippen LogP contribution in [0.4, 0.5) is 19.3 Å². The molecule has 2 aromatic heterocycles. The number of rotatable bonds is 5. The number of carbonyl (C=O) groups excluding carboxylic acids is 1. The van der Waals surface area contributed by atoms with Gasteiger partial charge in [-0.1, -0.05) is 11.6 Å². The summed E-state index contributed by atoms with van der Waals surface area (Å²) < 4.78 is 33.4. The highest BCUT2D eigenvalue weighted by atomic mass is 35.5. The van der Waals surface area contributed by atoms with Gasteiger partial charge in [-0.15, -0.1) is 0 Å². The van der Waals surface area contributed by atoms with Crippen LogP contribution in [0.3, 0.4) is 0 Å². The van der Waals surface area contributed by atoms with Crippen molar-refractivity contribution in [2.45, 2.75) is 70.6 Å². The Labute approximate surface area is 197 Å². The summed E-state index contributed by atoms with van der Waals surface area (Å²) in [5, 5.41) is 7.72. The minimum absolute atomic E-state index is 0.0580. The van der Waals surface area contributed by atoms with Crippen LogP contribution in [-0.4, -0.2) is 51.5 Å². The zero-order valence-corrected chi connectivity index (χ0v) is 19.9. The molecule has 2 fully saturated rings. The van der Waals surface area contributed by atoms with Crippen LogP contribution in [0.1, 0.15) is 46.5 Å². The van der Waals surface area contributed by atoms with Gasteiger partial charge in [0.1, 0.15) is 10.8 Å². The zero-order chi connectivity index (χ0) is 23.8. The first-order chi connectivity index (χ1) is 15.5. The fourth-order valence-corrected chi connectivity index (χ4v) is 4.63. The van der Waals surface area contributed by atoms with E-state index in [0.717, 1.165) is 36.2 Å². The third kappa shape index (κ3) is 6.13. The Hall–Kier alpha value is -2.42. The van der Waals surface area contributed by atoms with Gasteiger partial charge in [0.2, 0.25) is 5.92 Å². The maximum Gasteiger partial charge on any atom is 0.407 e. The summed E-state index contributed by atoms with van der Waals surface area (Å²) in [6.45, 7) is 7.39. The second-order valence-electron chi connectivity index (χ2n) is 10.0. The highest BCUT2D eigenvalue weighted by molar-refractivity contribution is 6.29. The number of alkyl carbamates (subject to hydrolysis) is 1. The number of anilines is 1. The summed E-state index contributed by atoms with van der Waals surface area (Å²) in [6, 6.07) is 1.76. The fraction of sp³-hybridized carbons (Fsp3) is 0.609. The Morgan fingerprint density at radius 2 is 2.09 bits per heavy atom. The molecule has 180 valence electrons. The molecule has 0 spiro atoms. The van der Waals surface area contributed by atoms with Crippen LogP contribution in [0.5, 0.6) is 0 Å². The SMILES string of the molecule is CC(C)(C)OC(=O)N[C@H]1CCCN(c2cc(Cl)ncc2-c2cnn(CC3CC(F)(F)C3)c2)C1. The second kappa shape index (κ2) is 9.08. The maximum atomic E-state index is 13.2. The van der Waals surface area contributed by atoms with E-state index in [1.54, 1.807) is 17.1 Å². The van der Waals surface area contributed by atoms with E-state index in [-0.39, 0.29) is 24.8 Å². The topological polar surface area (TPSA) is 72.3 Å². The molecule has 1 saturated heterocycles. The molecule has 2 aliphatic rings. The summed E-state index contributed by atoms with van der Waals surface area (Å²) in [6.07, 6.45) is 6.46. The highest BCUT2D eigenvalue weighted by Gasteiger charge is 2.45. The molecule has 2 aromatic rings. The van der Waals surface area contributed by atoms with E-state index in [4.69, 9.17) is 16.3 Å². The van der Waals surface area contributed by atoms with Crippen LogP contribution in [0, 0.1) is 5.92 Å². The van der Waals surface area contributed by atoms with Crippen LogP contribution >= 0.6 is 11.6 Å². The Bertz CT molecular complexity index is 999. The predicted octanol–water partition coefficient (Wildman–Crippen LogP) is 5.14. The normalized spacial score (nSPS) is 20.9. The van der Waals surface area contributed by atoms with E-state index >= 15 is 0 Å². The third-order valence-corrected chi connectivity index (χ3v) is 6.10. The van der Waals surface area contributed by atoms with Crippen molar-refractivity contribution >= 4 is 23.4 Å². The molecule has 1 atom stereocenters. The minimum Gasteiger partial charge on any atom is -0.444 e. The Balaban J connectivity index is 1.47. The van der Waals surface area contributed by atoms with Crippen LogP contribution in [-0.2, 0) is 11.3 Å². The Morgan fingerprint density at radius 1 is 1.33 bits per heavy atom. The highest BCUT2D eigenvalue weighted by Crippen LogP contribution is 2.43. The zero-order valence-electron chi connectivity index (χ0n) is 19.2. The van der Waals surface area contributed by atoms with E-state index < -0.39 is 17.6 Å². The smallest absolute Gasteiger partial charge is 0.407 e. The van der Waals surface area contributed by atoms with E-state index in [1.165, 1.54) is 0 Å². The van der Waals surface area contributed by atoms with E-state index in [9.17, 15) is 13.6 Å². The molecule has 10 heteroatoms. The van der Waals surface area contributed by atoms with Gasteiger partial charge in [0.05, 0.1) is 6.20 Å². The number of hydrogen-bond acceptors (Lipinski definition) is 5. The molecule has 1 N–H and O–H groups in total. The first-order valence-electron chi connectivity index (χ1n) is 11.3. The van der Waals surface area contributed by atoms with Gasteiger partial charge in [0.25, 0.3) is 0 Å². The lowest BCUT2D eigenvalue weighted by molar-refractivity contribution is -0.114. The second-order valence-corrected chi connectivity index (χ2v) is 10.4. The Kier molecular flexibility index (Phi) is 6.53. The molecule has 1 aliphatic carbocycles. The average Bonchev–Trinajstić information content (AvgIpc) is 3.13. The van der Waals surface area contributed by atoms with Gasteiger partial charge in [-0.3, -0.25) is 4.68 Å². The van der Waals surface area contributed by atoms with Crippen molar-refractivity contribution in [2.75, 3.05) is 18.0 Å². The van der Waals surface area contributed by atoms with Crippen molar-refractivity contribution in [1.82, 2.24) is 20.1 Å². The van der Waals surface area contributed by atoms with Crippen molar-refractivity contribution < 1.29 is 18.3 Å². The number of amides is 1. The number of ether oxygens (including phenoxy) is 1. The lowest BCUT2D eigenvalue weighted by Crippen LogP contribution is -2.49. The van der Waals surface area contributed by atoms with Gasteiger partial charge in [0.15, 0.2) is 0 Å². The van der Waals surface area contributed by atoms with E-state index in [0.29, 0.717) is 18.2 Å². The summed E-state index contributed by atoms with van der Waals surface area (Å²) in [7, 11) is 0. The number of aromatic nitrogens is 3. The molecule has 0 aromatic carbocycles. The van der Waals surface area contributed by atoms with Crippen molar-refractivity contribution in [3.8, 4) is 11.1 Å². The van der Waals surface area contributed by atoms with Gasteiger partial charge in [-0.25, -0.2) is 18.6 Å². The largest absolute Gasteiger partial charge is 0.444 e. The number of carbonyl (C=O) groups is 1. The van der Waals surface area contributed by atoms with E-state index in [1.807, 2.05) is 33.0 Å². The lowest BCUT2D eigenvalue weighted by Gasteiger charge is -2.36. The summed E-state index contributed by atoms with van der Waals surface area (Å²) in [5.41, 5.74) is 2.06. The van der Waals surface area contributed by atoms with Crippen molar-refractivity contribution in [2.24, 2.45) is 5.92 Å². The van der Waals surface area contributed by atoms with Crippen LogP contribution in [0.15, 0.2) is 24.7 Å². The molecular weight excluding hydrogens is 452 g/mol. The average molecular weight is 482 g/mol. The molecular formula is C23H30ClF2N5O2. The fourth-order valence-electron chi connectivity index (χ4n) is 4.47. The maximum absolute atomic E-state index is 13.2. The quantitative estimate of drug-likeness (QED) is 0.599. The van der Waals surface area contributed by atoms with Crippen molar-refractivity contribution in [1.29, 1.82) is 0 Å². The predicted molar refractivity (Wildman–Crippen MR) is 123 cm³/mol. The van der Waals surface area contributed by atoms with E-state index in [2.05, 4.69) is 20.3 Å². The molecule has 4 rings (SSSR count). The first kappa shape index (κ1) is 23.7. The molecule has 33 heavy (non-hydrogen) atoms. The number of halogens is 3. The monoisotopic (exact) mass is 481 g/mol. The number of pyridine rings is 1. The van der Waals surface area contributed by atoms with Gasteiger partial charge in [0, 0.05) is 67.7 Å². The van der Waals surface area contributed by atoms with Gasteiger partial charge in [-0.05, 0) is 45.6 Å². The summed E-state index contributed by atoms with van der Waals surface area (Å²) in [4.78, 5) is 18.7. The molecule has 0 bridgehead atoms. The summed E-state index contributed by atoms with van der Waals surface area (Å²) >= 11 is 6.22. The molecule has 1 aliphatic heterocycles. The number of nitrogens with zero attached hydrogens (tertiary/aromatic N) is 4. The van der Waals surface area contributed by atoms with Crippen molar-refractivity contribution in [3.63, 3.8) is 0 Å². The van der Waals surface area contributed by atoms with Crippen molar-refractivity contribution in [3.05, 3.63) is 29.8 Å². The van der Waals surface area contributed by atoms with Gasteiger partial charge < -0.3 is 15.0 Å². The molecule has 0 unspecified atom stereocenters. The van der Waals surface area contributed by atoms with Gasteiger partial charge >= 0.3 is 6.09 Å². The molecule has 7 nitrogen and oxygen atoms in total. The number of alkyl halides is 2. The number of nitrogens with one attached hydrogen (secondary N) is 1. The standard InChI is InChI=1S/C23H30ClF2N5O2/c1-22(2,3)33-21(32)29-17-5-4-6-30(14-17)19-7-20(24)27-11-18(19)16-10-28-31(13-16)12-15-8-23(25,26)9-15/h7,10-11,13,15,17H,4-6,8-9,12,14H2,1-3H3,(H,29,32)/t17-/m0/s1. The number of piperidine rings is 1. The molecule has 3 heterocycles.